The van der Waals surface area contributed by atoms with E-state index in [9.17, 15) is 0 Å². The Kier molecular flexibility index (Phi) is 2.29. The van der Waals surface area contributed by atoms with Crippen LogP contribution in [0.3, 0.4) is 0 Å². The van der Waals surface area contributed by atoms with Crippen molar-refractivity contribution in [3.63, 3.8) is 0 Å². The van der Waals surface area contributed by atoms with Gasteiger partial charge in [-0.3, -0.25) is 5.41 Å². The zero-order valence-corrected chi connectivity index (χ0v) is 7.44. The third-order valence-electron chi connectivity index (χ3n) is 1.69. The molecule has 0 saturated heterocycles. The molecule has 0 radical (unpaired) electrons. The van der Waals surface area contributed by atoms with Gasteiger partial charge in [-0.15, -0.1) is 0 Å². The first kappa shape index (κ1) is 8.27. The van der Waals surface area contributed by atoms with E-state index >= 15 is 0 Å². The summed E-state index contributed by atoms with van der Waals surface area (Å²) in [6.07, 6.45) is 3.86. The number of nitrogens with one attached hydrogen (secondary N) is 1. The lowest BCUT2D eigenvalue weighted by Crippen LogP contribution is -2.17. The average Bonchev–Trinajstić information content (AvgIpc) is 1.99. The van der Waals surface area contributed by atoms with E-state index in [0.29, 0.717) is 11.4 Å². The van der Waals surface area contributed by atoms with Gasteiger partial charge in [0, 0.05) is 0 Å². The van der Waals surface area contributed by atoms with Crippen molar-refractivity contribution in [3.8, 4) is 0 Å². The number of hydrogen-bond acceptors (Lipinski definition) is 3. The summed E-state index contributed by atoms with van der Waals surface area (Å²) in [6, 6.07) is 0. The molecular formula is C8H10N2S. The standard InChI is InChI=1S/C8H10N2S/c1-5-3-4-6(2)8(10-11)7(5)9/h3-4,9,11H,1-2H3/b9-7?,10-8-. The maximum atomic E-state index is 7.59. The Morgan fingerprint density at radius 2 is 1.82 bits per heavy atom. The highest BCUT2D eigenvalue weighted by atomic mass is 32.1. The van der Waals surface area contributed by atoms with Crippen LogP contribution in [0, 0.1) is 5.41 Å². The molecule has 1 N–H and O–H groups in total. The van der Waals surface area contributed by atoms with E-state index < -0.39 is 0 Å². The van der Waals surface area contributed by atoms with Crippen LogP contribution < -0.4 is 0 Å². The third-order valence-corrected chi connectivity index (χ3v) is 1.89. The fourth-order valence-corrected chi connectivity index (χ4v) is 1.18. The Bertz CT molecular complexity index is 280. The van der Waals surface area contributed by atoms with Crippen LogP contribution in [0.4, 0.5) is 0 Å². The molecule has 0 bridgehead atoms. The van der Waals surface area contributed by atoms with Crippen molar-refractivity contribution in [1.29, 1.82) is 5.41 Å². The van der Waals surface area contributed by atoms with Gasteiger partial charge >= 0.3 is 0 Å². The first-order chi connectivity index (χ1) is 5.16. The first-order valence-electron chi connectivity index (χ1n) is 3.33. The molecule has 2 nitrogen and oxygen atoms in total. The molecule has 0 heterocycles. The van der Waals surface area contributed by atoms with Crippen LogP contribution in [0.2, 0.25) is 0 Å². The van der Waals surface area contributed by atoms with E-state index in [1.807, 2.05) is 26.0 Å². The molecule has 0 aromatic heterocycles. The number of allylic oxidation sites excluding steroid dienone is 4. The van der Waals surface area contributed by atoms with Gasteiger partial charge < -0.3 is 0 Å². The van der Waals surface area contributed by atoms with Gasteiger partial charge in [-0.2, -0.15) is 0 Å². The summed E-state index contributed by atoms with van der Waals surface area (Å²) in [5.41, 5.74) is 3.08. The average molecular weight is 166 g/mol. The molecule has 0 spiro atoms. The minimum absolute atomic E-state index is 0.472. The lowest BCUT2D eigenvalue weighted by atomic mass is 9.96. The van der Waals surface area contributed by atoms with E-state index in [0.717, 1.165) is 11.1 Å². The van der Waals surface area contributed by atoms with Crippen molar-refractivity contribution in [2.45, 2.75) is 13.8 Å². The number of thiol groups is 1. The molecule has 0 atom stereocenters. The van der Waals surface area contributed by atoms with Gasteiger partial charge in [0.15, 0.2) is 0 Å². The molecule has 3 heteroatoms. The zero-order chi connectivity index (χ0) is 8.43. The molecular weight excluding hydrogens is 156 g/mol. The highest BCUT2D eigenvalue weighted by molar-refractivity contribution is 7.79. The molecule has 0 saturated carbocycles. The van der Waals surface area contributed by atoms with Crippen molar-refractivity contribution in [2.24, 2.45) is 4.40 Å². The van der Waals surface area contributed by atoms with Crippen LogP contribution in [-0.2, 0) is 0 Å². The van der Waals surface area contributed by atoms with Crippen molar-refractivity contribution < 1.29 is 0 Å². The van der Waals surface area contributed by atoms with Gasteiger partial charge in [0.1, 0.15) is 0 Å². The summed E-state index contributed by atoms with van der Waals surface area (Å²) >= 11 is 3.80. The molecule has 0 aromatic rings. The van der Waals surface area contributed by atoms with Crippen LogP contribution in [0.1, 0.15) is 13.8 Å². The van der Waals surface area contributed by atoms with Crippen molar-refractivity contribution in [2.75, 3.05) is 0 Å². The largest absolute Gasteiger partial charge is 0.298 e. The highest BCUT2D eigenvalue weighted by Crippen LogP contribution is 2.12. The van der Waals surface area contributed by atoms with Gasteiger partial charge in [-0.05, 0) is 37.8 Å². The van der Waals surface area contributed by atoms with Crippen molar-refractivity contribution >= 4 is 24.2 Å². The maximum Gasteiger partial charge on any atom is 0.0991 e. The van der Waals surface area contributed by atoms with Gasteiger partial charge in [0.05, 0.1) is 11.4 Å². The van der Waals surface area contributed by atoms with E-state index in [4.69, 9.17) is 5.41 Å². The second-order valence-corrected chi connectivity index (χ2v) is 2.72. The summed E-state index contributed by atoms with van der Waals surface area (Å²) < 4.78 is 3.74. The summed E-state index contributed by atoms with van der Waals surface area (Å²) in [7, 11) is 0. The molecule has 1 rings (SSSR count). The molecule has 0 amide bonds. The van der Waals surface area contributed by atoms with Crippen LogP contribution in [0.15, 0.2) is 27.7 Å². The van der Waals surface area contributed by atoms with Gasteiger partial charge in [0.2, 0.25) is 0 Å². The fraction of sp³-hybridized carbons (Fsp3) is 0.250. The molecule has 58 valence electrons. The van der Waals surface area contributed by atoms with E-state index in [1.54, 1.807) is 0 Å². The number of rotatable bonds is 0. The zero-order valence-electron chi connectivity index (χ0n) is 6.55. The van der Waals surface area contributed by atoms with Crippen LogP contribution in [-0.4, -0.2) is 11.4 Å². The predicted octanol–water partition coefficient (Wildman–Crippen LogP) is 2.20. The fourth-order valence-electron chi connectivity index (χ4n) is 0.925. The number of hydrogen-bond donors (Lipinski definition) is 2. The molecule has 1 aliphatic carbocycles. The second kappa shape index (κ2) is 3.05. The smallest absolute Gasteiger partial charge is 0.0991 e. The summed E-state index contributed by atoms with van der Waals surface area (Å²) in [5, 5.41) is 7.59. The summed E-state index contributed by atoms with van der Waals surface area (Å²) in [6.45, 7) is 3.82. The van der Waals surface area contributed by atoms with Gasteiger partial charge in [-0.25, -0.2) is 4.40 Å². The third kappa shape index (κ3) is 1.43. The monoisotopic (exact) mass is 166 g/mol. The van der Waals surface area contributed by atoms with Gasteiger partial charge in [-0.1, -0.05) is 12.2 Å². The molecule has 0 fully saturated rings. The topological polar surface area (TPSA) is 36.2 Å². The van der Waals surface area contributed by atoms with E-state index in [1.165, 1.54) is 0 Å². The molecule has 0 aliphatic heterocycles. The minimum Gasteiger partial charge on any atom is -0.298 e. The number of nitrogens with zero attached hydrogens (tertiary/aromatic N) is 1. The molecule has 11 heavy (non-hydrogen) atoms. The normalized spacial score (nSPS) is 21.7. The first-order valence-corrected chi connectivity index (χ1v) is 3.73. The summed E-state index contributed by atoms with van der Waals surface area (Å²) in [5.74, 6) is 0. The predicted molar refractivity (Wildman–Crippen MR) is 51.7 cm³/mol. The summed E-state index contributed by atoms with van der Waals surface area (Å²) in [4.78, 5) is 0. The second-order valence-electron chi connectivity index (χ2n) is 2.52. The Balaban J connectivity index is 3.13. The van der Waals surface area contributed by atoms with Crippen molar-refractivity contribution in [1.82, 2.24) is 0 Å². The Morgan fingerprint density at radius 3 is 2.27 bits per heavy atom. The minimum atomic E-state index is 0.472. The quantitative estimate of drug-likeness (QED) is 0.409. The Morgan fingerprint density at radius 1 is 1.27 bits per heavy atom. The van der Waals surface area contributed by atoms with Crippen LogP contribution in [0.25, 0.3) is 0 Å². The lowest BCUT2D eigenvalue weighted by Gasteiger charge is -2.11. The van der Waals surface area contributed by atoms with Crippen LogP contribution in [0.5, 0.6) is 0 Å². The Hall–Kier alpha value is -0.830. The lowest BCUT2D eigenvalue weighted by molar-refractivity contribution is 1.43. The molecule has 0 aromatic carbocycles. The maximum absolute atomic E-state index is 7.59. The molecule has 0 unspecified atom stereocenters. The van der Waals surface area contributed by atoms with Crippen LogP contribution >= 0.6 is 12.8 Å². The van der Waals surface area contributed by atoms with E-state index in [-0.39, 0.29) is 0 Å². The molecule has 1 aliphatic rings. The highest BCUT2D eigenvalue weighted by Gasteiger charge is 2.13. The van der Waals surface area contributed by atoms with E-state index in [2.05, 4.69) is 17.2 Å². The SMILES string of the molecule is CC1=CC=C(C)/C(=N/S)C1=N. The van der Waals surface area contributed by atoms with Gasteiger partial charge in [0.25, 0.3) is 0 Å². The Labute approximate surface area is 71.8 Å². The van der Waals surface area contributed by atoms with Crippen molar-refractivity contribution in [3.05, 3.63) is 23.3 Å².